The molecular weight excluding hydrogens is 356 g/mol. The fraction of sp³-hybridized carbons (Fsp3) is 0.333. The largest absolute Gasteiger partial charge is 0.480 e. The van der Waals surface area contributed by atoms with Crippen LogP contribution in [0.15, 0.2) is 42.6 Å². The lowest BCUT2D eigenvalue weighted by molar-refractivity contribution is -0.141. The Balaban J connectivity index is 1.80. The molecule has 0 radical (unpaired) electrons. The first-order chi connectivity index (χ1) is 13.5. The van der Waals surface area contributed by atoms with Crippen molar-refractivity contribution in [3.05, 3.63) is 53.9 Å². The summed E-state index contributed by atoms with van der Waals surface area (Å²) in [7, 11) is 0. The topological polar surface area (TPSA) is 88.3 Å². The van der Waals surface area contributed by atoms with E-state index in [1.807, 2.05) is 41.1 Å². The van der Waals surface area contributed by atoms with Gasteiger partial charge in [-0.25, -0.2) is 14.5 Å². The van der Waals surface area contributed by atoms with E-state index in [4.69, 9.17) is 5.10 Å². The maximum absolute atomic E-state index is 12.9. The molecule has 1 atom stereocenters. The van der Waals surface area contributed by atoms with Gasteiger partial charge in [-0.1, -0.05) is 18.2 Å². The number of carboxylic acid groups (broad SMARTS) is 1. The van der Waals surface area contributed by atoms with Crippen LogP contribution in [-0.4, -0.2) is 49.2 Å². The maximum atomic E-state index is 12.9. The lowest BCUT2D eigenvalue weighted by Crippen LogP contribution is -2.43. The summed E-state index contributed by atoms with van der Waals surface area (Å²) in [6, 6.07) is 10.7. The predicted octanol–water partition coefficient (Wildman–Crippen LogP) is 3.23. The van der Waals surface area contributed by atoms with E-state index in [2.05, 4.69) is 4.98 Å². The Morgan fingerprint density at radius 1 is 1.29 bits per heavy atom. The molecule has 28 heavy (non-hydrogen) atoms. The number of hydrogen-bond acceptors (Lipinski definition) is 4. The zero-order chi connectivity index (χ0) is 19.8. The third-order valence-electron chi connectivity index (χ3n) is 5.19. The number of aromatic nitrogens is 3. The molecule has 1 unspecified atom stereocenters. The molecule has 144 valence electrons. The minimum absolute atomic E-state index is 0.309. The van der Waals surface area contributed by atoms with Crippen molar-refractivity contribution < 1.29 is 14.7 Å². The summed E-state index contributed by atoms with van der Waals surface area (Å²) >= 11 is 0. The van der Waals surface area contributed by atoms with E-state index in [9.17, 15) is 14.7 Å². The van der Waals surface area contributed by atoms with Gasteiger partial charge in [0.2, 0.25) is 0 Å². The molecule has 1 aliphatic rings. The highest BCUT2D eigenvalue weighted by Gasteiger charge is 2.31. The number of pyridine rings is 1. The van der Waals surface area contributed by atoms with Gasteiger partial charge in [-0.3, -0.25) is 4.79 Å². The van der Waals surface area contributed by atoms with Crippen LogP contribution in [-0.2, 0) is 4.79 Å². The third-order valence-corrected chi connectivity index (χ3v) is 5.19. The van der Waals surface area contributed by atoms with Gasteiger partial charge in [-0.2, -0.15) is 5.10 Å². The molecule has 3 aromatic rings. The van der Waals surface area contributed by atoms with Gasteiger partial charge in [0.05, 0.1) is 16.9 Å². The van der Waals surface area contributed by atoms with E-state index in [1.54, 1.807) is 6.92 Å². The number of benzene rings is 1. The first-order valence-corrected chi connectivity index (χ1v) is 9.49. The smallest absolute Gasteiger partial charge is 0.326 e. The van der Waals surface area contributed by atoms with Crippen LogP contribution in [0.5, 0.6) is 0 Å². The second-order valence-electron chi connectivity index (χ2n) is 7.11. The normalized spacial score (nSPS) is 14.8. The SMILES string of the molecule is CCN(C(=O)c1cnc2c(c1)c(C1CC1)nn2-c1ccccc1)C(C)C(=O)O. The van der Waals surface area contributed by atoms with E-state index in [1.165, 1.54) is 18.0 Å². The summed E-state index contributed by atoms with van der Waals surface area (Å²) in [5.74, 6) is -0.972. The minimum atomic E-state index is -1.03. The predicted molar refractivity (Wildman–Crippen MR) is 105 cm³/mol. The van der Waals surface area contributed by atoms with Crippen LogP contribution >= 0.6 is 0 Å². The van der Waals surface area contributed by atoms with Crippen molar-refractivity contribution in [2.45, 2.75) is 38.6 Å². The number of amides is 1. The van der Waals surface area contributed by atoms with Gasteiger partial charge >= 0.3 is 5.97 Å². The Morgan fingerprint density at radius 2 is 2.00 bits per heavy atom. The van der Waals surface area contributed by atoms with Crippen LogP contribution in [0.1, 0.15) is 48.7 Å². The summed E-state index contributed by atoms with van der Waals surface area (Å²) in [5.41, 5.74) is 2.96. The number of carbonyl (C=O) groups is 2. The van der Waals surface area contributed by atoms with Crippen LogP contribution in [0.4, 0.5) is 0 Å². The molecular formula is C21H22N4O3. The van der Waals surface area contributed by atoms with E-state index in [0.29, 0.717) is 23.7 Å². The van der Waals surface area contributed by atoms with Gasteiger partial charge in [-0.05, 0) is 44.9 Å². The molecule has 2 aromatic heterocycles. The second kappa shape index (κ2) is 7.07. The Bertz CT molecular complexity index is 1040. The van der Waals surface area contributed by atoms with Crippen molar-refractivity contribution >= 4 is 22.9 Å². The standard InChI is InChI=1S/C21H22N4O3/c1-3-24(13(2)21(27)28)20(26)15-11-17-18(14-9-10-14)23-25(19(17)22-12-15)16-7-5-4-6-8-16/h4-8,11-14H,3,9-10H2,1-2H3,(H,27,28). The summed E-state index contributed by atoms with van der Waals surface area (Å²) < 4.78 is 1.81. The quantitative estimate of drug-likeness (QED) is 0.711. The summed E-state index contributed by atoms with van der Waals surface area (Å²) in [4.78, 5) is 30.1. The van der Waals surface area contributed by atoms with Gasteiger partial charge in [0.15, 0.2) is 5.65 Å². The number of hydrogen-bond donors (Lipinski definition) is 1. The lowest BCUT2D eigenvalue weighted by atomic mass is 10.1. The number of nitrogens with zero attached hydrogens (tertiary/aromatic N) is 4. The fourth-order valence-corrected chi connectivity index (χ4v) is 3.44. The minimum Gasteiger partial charge on any atom is -0.480 e. The number of carbonyl (C=O) groups excluding carboxylic acids is 1. The molecule has 1 aliphatic carbocycles. The molecule has 0 bridgehead atoms. The summed E-state index contributed by atoms with van der Waals surface area (Å²) in [6.07, 6.45) is 3.67. The van der Waals surface area contributed by atoms with E-state index in [-0.39, 0.29) is 5.91 Å². The molecule has 1 aromatic carbocycles. The Kier molecular flexibility index (Phi) is 4.58. The highest BCUT2D eigenvalue weighted by molar-refractivity contribution is 5.99. The van der Waals surface area contributed by atoms with Crippen molar-refractivity contribution in [1.29, 1.82) is 0 Å². The van der Waals surface area contributed by atoms with Gasteiger partial charge in [0.1, 0.15) is 6.04 Å². The maximum Gasteiger partial charge on any atom is 0.326 e. The Hall–Kier alpha value is -3.22. The van der Waals surface area contributed by atoms with Crippen LogP contribution in [0.2, 0.25) is 0 Å². The molecule has 2 heterocycles. The molecule has 1 amide bonds. The molecule has 0 saturated heterocycles. The Labute approximate surface area is 162 Å². The highest BCUT2D eigenvalue weighted by Crippen LogP contribution is 2.42. The van der Waals surface area contributed by atoms with Crippen molar-refractivity contribution in [3.63, 3.8) is 0 Å². The molecule has 7 heteroatoms. The zero-order valence-corrected chi connectivity index (χ0v) is 15.9. The second-order valence-corrected chi connectivity index (χ2v) is 7.11. The number of para-hydroxylation sites is 1. The number of likely N-dealkylation sites (N-methyl/N-ethyl adjacent to an activating group) is 1. The van der Waals surface area contributed by atoms with Crippen molar-refractivity contribution in [2.24, 2.45) is 0 Å². The zero-order valence-electron chi connectivity index (χ0n) is 15.9. The number of aliphatic carboxylic acids is 1. The average Bonchev–Trinajstić information content (AvgIpc) is 3.49. The average molecular weight is 378 g/mol. The molecule has 7 nitrogen and oxygen atoms in total. The van der Waals surface area contributed by atoms with E-state index < -0.39 is 12.0 Å². The van der Waals surface area contributed by atoms with Crippen molar-refractivity contribution in [2.75, 3.05) is 6.54 Å². The molecule has 4 rings (SSSR count). The summed E-state index contributed by atoms with van der Waals surface area (Å²) in [6.45, 7) is 3.59. The van der Waals surface area contributed by atoms with Gasteiger partial charge in [0, 0.05) is 24.0 Å². The molecule has 0 aliphatic heterocycles. The monoisotopic (exact) mass is 378 g/mol. The van der Waals surface area contributed by atoms with Crippen molar-refractivity contribution in [3.8, 4) is 5.69 Å². The van der Waals surface area contributed by atoms with Crippen LogP contribution in [0, 0.1) is 0 Å². The first kappa shape index (κ1) is 18.2. The number of rotatable bonds is 6. The first-order valence-electron chi connectivity index (χ1n) is 9.49. The molecule has 1 N–H and O–H groups in total. The van der Waals surface area contributed by atoms with Crippen LogP contribution in [0.25, 0.3) is 16.7 Å². The van der Waals surface area contributed by atoms with Gasteiger partial charge in [-0.15, -0.1) is 0 Å². The lowest BCUT2D eigenvalue weighted by Gasteiger charge is -2.24. The Morgan fingerprint density at radius 3 is 2.61 bits per heavy atom. The van der Waals surface area contributed by atoms with Gasteiger partial charge < -0.3 is 10.0 Å². The van der Waals surface area contributed by atoms with Crippen LogP contribution < -0.4 is 0 Å². The van der Waals surface area contributed by atoms with Crippen molar-refractivity contribution in [1.82, 2.24) is 19.7 Å². The number of fused-ring (bicyclic) bond motifs is 1. The number of carboxylic acids is 1. The molecule has 0 spiro atoms. The third kappa shape index (κ3) is 3.13. The highest BCUT2D eigenvalue weighted by atomic mass is 16.4. The van der Waals surface area contributed by atoms with E-state index in [0.717, 1.165) is 29.6 Å². The van der Waals surface area contributed by atoms with Crippen LogP contribution in [0.3, 0.4) is 0 Å². The van der Waals surface area contributed by atoms with E-state index >= 15 is 0 Å². The molecule has 1 fully saturated rings. The fourth-order valence-electron chi connectivity index (χ4n) is 3.44. The van der Waals surface area contributed by atoms with Gasteiger partial charge in [0.25, 0.3) is 5.91 Å². The summed E-state index contributed by atoms with van der Waals surface area (Å²) in [5, 5.41) is 14.9. The molecule has 1 saturated carbocycles.